The smallest absolute Gasteiger partial charge is 0.117 e. The summed E-state index contributed by atoms with van der Waals surface area (Å²) in [5.74, 6) is 0.618. The normalized spacial score (nSPS) is 21.8. The van der Waals surface area contributed by atoms with Gasteiger partial charge >= 0.3 is 0 Å². The Bertz CT molecular complexity index is 542. The lowest BCUT2D eigenvalue weighted by atomic mass is 9.80. The third-order valence-electron chi connectivity index (χ3n) is 5.03. The van der Waals surface area contributed by atoms with E-state index in [0.717, 1.165) is 25.0 Å². The number of hydrogen-bond acceptors (Lipinski definition) is 2. The summed E-state index contributed by atoms with van der Waals surface area (Å²) in [4.78, 5) is 0. The summed E-state index contributed by atoms with van der Waals surface area (Å²) in [5.41, 5.74) is 6.10. The van der Waals surface area contributed by atoms with E-state index >= 15 is 0 Å². The maximum Gasteiger partial charge on any atom is 0.117 e. The maximum absolute atomic E-state index is 10.9. The van der Waals surface area contributed by atoms with E-state index in [9.17, 15) is 5.11 Å². The van der Waals surface area contributed by atoms with Gasteiger partial charge in [-0.2, -0.15) is 0 Å². The Hall–Kier alpha value is -1.28. The van der Waals surface area contributed by atoms with Crippen LogP contribution in [0, 0.1) is 20.8 Å². The fraction of sp³-hybridized carbons (Fsp3) is 0.556. The van der Waals surface area contributed by atoms with E-state index in [4.69, 9.17) is 0 Å². The molecular weight excluding hydrogens is 246 g/mol. The van der Waals surface area contributed by atoms with Crippen LogP contribution in [0.4, 0.5) is 0 Å². The highest BCUT2D eigenvalue weighted by molar-refractivity contribution is 5.77. The van der Waals surface area contributed by atoms with Gasteiger partial charge in [0.1, 0.15) is 5.76 Å². The SMILES string of the molecule is Cc1cc(C)c(C2=C(O)C3(CCCCC3)NC2)c(C)c1. The molecule has 1 aliphatic heterocycles. The Kier molecular flexibility index (Phi) is 3.37. The van der Waals surface area contributed by atoms with Gasteiger partial charge < -0.3 is 10.4 Å². The van der Waals surface area contributed by atoms with Crippen LogP contribution in [-0.4, -0.2) is 17.2 Å². The topological polar surface area (TPSA) is 32.3 Å². The van der Waals surface area contributed by atoms with Crippen LogP contribution in [0.2, 0.25) is 0 Å². The van der Waals surface area contributed by atoms with Crippen LogP contribution >= 0.6 is 0 Å². The molecule has 0 aromatic heterocycles. The van der Waals surface area contributed by atoms with Crippen molar-refractivity contribution < 1.29 is 5.11 Å². The van der Waals surface area contributed by atoms with E-state index < -0.39 is 0 Å². The molecule has 1 spiro atoms. The number of hydrogen-bond donors (Lipinski definition) is 2. The van der Waals surface area contributed by atoms with Crippen molar-refractivity contribution in [1.82, 2.24) is 5.32 Å². The first-order valence-corrected chi connectivity index (χ1v) is 7.79. The molecule has 0 atom stereocenters. The van der Waals surface area contributed by atoms with Crippen molar-refractivity contribution in [1.29, 1.82) is 0 Å². The van der Waals surface area contributed by atoms with Crippen molar-refractivity contribution in [2.75, 3.05) is 6.54 Å². The van der Waals surface area contributed by atoms with Gasteiger partial charge in [-0.15, -0.1) is 0 Å². The molecule has 0 unspecified atom stereocenters. The van der Waals surface area contributed by atoms with Crippen LogP contribution in [0.25, 0.3) is 5.57 Å². The summed E-state index contributed by atoms with van der Waals surface area (Å²) in [6, 6.07) is 4.43. The number of aliphatic hydroxyl groups excluding tert-OH is 1. The molecule has 0 bridgehead atoms. The highest BCUT2D eigenvalue weighted by Gasteiger charge is 2.42. The zero-order valence-corrected chi connectivity index (χ0v) is 12.8. The first-order valence-electron chi connectivity index (χ1n) is 7.79. The lowest BCUT2D eigenvalue weighted by Gasteiger charge is -2.33. The molecule has 3 rings (SSSR count). The predicted molar refractivity (Wildman–Crippen MR) is 84.0 cm³/mol. The first kappa shape index (κ1) is 13.7. The molecule has 20 heavy (non-hydrogen) atoms. The van der Waals surface area contributed by atoms with Gasteiger partial charge in [0.25, 0.3) is 0 Å². The summed E-state index contributed by atoms with van der Waals surface area (Å²) >= 11 is 0. The molecule has 0 saturated heterocycles. The van der Waals surface area contributed by atoms with Crippen molar-refractivity contribution in [3.63, 3.8) is 0 Å². The van der Waals surface area contributed by atoms with Crippen LogP contribution in [0.1, 0.15) is 54.4 Å². The molecule has 1 fully saturated rings. The number of aliphatic hydroxyl groups is 1. The summed E-state index contributed by atoms with van der Waals surface area (Å²) in [6.07, 6.45) is 5.89. The van der Waals surface area contributed by atoms with E-state index in [1.807, 2.05) is 0 Å². The largest absolute Gasteiger partial charge is 0.510 e. The van der Waals surface area contributed by atoms with Crippen LogP contribution in [0.5, 0.6) is 0 Å². The zero-order chi connectivity index (χ0) is 14.3. The third-order valence-corrected chi connectivity index (χ3v) is 5.03. The molecule has 2 N–H and O–H groups in total. The molecular formula is C18H25NO. The first-order chi connectivity index (χ1) is 9.53. The third kappa shape index (κ3) is 2.07. The van der Waals surface area contributed by atoms with E-state index in [1.165, 1.54) is 41.5 Å². The predicted octanol–water partition coefficient (Wildman–Crippen LogP) is 4.19. The van der Waals surface area contributed by atoms with Crippen molar-refractivity contribution in [3.05, 3.63) is 40.1 Å². The molecule has 2 nitrogen and oxygen atoms in total. The molecule has 2 heteroatoms. The molecule has 0 radical (unpaired) electrons. The minimum Gasteiger partial charge on any atom is -0.510 e. The zero-order valence-electron chi connectivity index (χ0n) is 12.8. The minimum absolute atomic E-state index is 0.128. The second-order valence-corrected chi connectivity index (χ2v) is 6.60. The average Bonchev–Trinajstić information content (AvgIpc) is 2.68. The highest BCUT2D eigenvalue weighted by atomic mass is 16.3. The van der Waals surface area contributed by atoms with Gasteiger partial charge in [-0.3, -0.25) is 0 Å². The van der Waals surface area contributed by atoms with Gasteiger partial charge in [0, 0.05) is 12.1 Å². The lowest BCUT2D eigenvalue weighted by Crippen LogP contribution is -2.44. The number of rotatable bonds is 1. The van der Waals surface area contributed by atoms with Crippen molar-refractivity contribution in [2.24, 2.45) is 0 Å². The summed E-state index contributed by atoms with van der Waals surface area (Å²) in [7, 11) is 0. The van der Waals surface area contributed by atoms with Crippen molar-refractivity contribution >= 4 is 5.57 Å². The summed E-state index contributed by atoms with van der Waals surface area (Å²) in [5, 5.41) is 14.5. The second-order valence-electron chi connectivity index (χ2n) is 6.60. The number of nitrogens with one attached hydrogen (secondary N) is 1. The molecule has 1 aliphatic carbocycles. The van der Waals surface area contributed by atoms with Gasteiger partial charge in [-0.05, 0) is 50.3 Å². The average molecular weight is 271 g/mol. The van der Waals surface area contributed by atoms with E-state index in [0.29, 0.717) is 5.76 Å². The molecule has 108 valence electrons. The van der Waals surface area contributed by atoms with Crippen molar-refractivity contribution in [3.8, 4) is 0 Å². The molecule has 1 aromatic rings. The van der Waals surface area contributed by atoms with Gasteiger partial charge in [0.05, 0.1) is 5.54 Å². The van der Waals surface area contributed by atoms with E-state index in [1.54, 1.807) is 0 Å². The molecule has 1 saturated carbocycles. The monoisotopic (exact) mass is 271 g/mol. The quantitative estimate of drug-likeness (QED) is 0.803. The van der Waals surface area contributed by atoms with Crippen molar-refractivity contribution in [2.45, 2.75) is 58.4 Å². The number of benzene rings is 1. The summed E-state index contributed by atoms with van der Waals surface area (Å²) in [6.45, 7) is 7.24. The van der Waals surface area contributed by atoms with E-state index in [2.05, 4.69) is 38.2 Å². The standard InChI is InChI=1S/C18H25NO/c1-12-9-13(2)16(14(3)10-12)15-11-19-18(17(15)20)7-5-4-6-8-18/h9-10,19-20H,4-8,11H2,1-3H3. The van der Waals surface area contributed by atoms with E-state index in [-0.39, 0.29) is 5.54 Å². The molecule has 1 aromatic carbocycles. The Morgan fingerprint density at radius 2 is 1.60 bits per heavy atom. The Labute approximate surface area is 121 Å². The highest BCUT2D eigenvalue weighted by Crippen LogP contribution is 2.41. The molecule has 0 amide bonds. The fourth-order valence-electron chi connectivity index (χ4n) is 4.15. The Morgan fingerprint density at radius 1 is 1.00 bits per heavy atom. The fourth-order valence-corrected chi connectivity index (χ4v) is 4.15. The van der Waals surface area contributed by atoms with Gasteiger partial charge in [0.15, 0.2) is 0 Å². The molecule has 1 heterocycles. The van der Waals surface area contributed by atoms with Crippen LogP contribution in [0.3, 0.4) is 0 Å². The Morgan fingerprint density at radius 3 is 2.20 bits per heavy atom. The second kappa shape index (κ2) is 4.92. The lowest BCUT2D eigenvalue weighted by molar-refractivity contribution is 0.215. The molecule has 2 aliphatic rings. The van der Waals surface area contributed by atoms with Crippen LogP contribution in [0.15, 0.2) is 17.9 Å². The van der Waals surface area contributed by atoms with Gasteiger partial charge in [-0.25, -0.2) is 0 Å². The minimum atomic E-state index is -0.128. The number of aryl methyl sites for hydroxylation is 3. The summed E-state index contributed by atoms with van der Waals surface area (Å²) < 4.78 is 0. The van der Waals surface area contributed by atoms with Crippen LogP contribution < -0.4 is 5.32 Å². The van der Waals surface area contributed by atoms with Gasteiger partial charge in [0.2, 0.25) is 0 Å². The van der Waals surface area contributed by atoms with Gasteiger partial charge in [-0.1, -0.05) is 37.0 Å². The Balaban J connectivity index is 2.07. The maximum atomic E-state index is 10.9. The van der Waals surface area contributed by atoms with Crippen LogP contribution in [-0.2, 0) is 0 Å².